The third-order valence-electron chi connectivity index (χ3n) is 5.10. The molecule has 2 heterocycles. The number of halogens is 3. The molecule has 134 valence electrons. The Morgan fingerprint density at radius 2 is 1.77 bits per heavy atom. The van der Waals surface area contributed by atoms with Gasteiger partial charge in [-0.15, -0.1) is 0 Å². The van der Waals surface area contributed by atoms with Crippen molar-refractivity contribution >= 4 is 50.1 Å². The van der Waals surface area contributed by atoms with Crippen LogP contribution in [0.3, 0.4) is 0 Å². The third-order valence-corrected chi connectivity index (χ3v) is 9.62. The molecule has 0 spiro atoms. The van der Waals surface area contributed by atoms with Gasteiger partial charge in [-0.25, -0.2) is 0 Å². The van der Waals surface area contributed by atoms with Crippen molar-refractivity contribution in [1.29, 1.82) is 0 Å². The molecule has 2 aromatic rings. The summed E-state index contributed by atoms with van der Waals surface area (Å²) >= 11 is 1.93. The van der Waals surface area contributed by atoms with Crippen LogP contribution in [0.1, 0.15) is 18.4 Å². The monoisotopic (exact) mass is 526 g/mol. The van der Waals surface area contributed by atoms with Crippen LogP contribution < -0.4 is 8.90 Å². The van der Waals surface area contributed by atoms with Crippen molar-refractivity contribution in [2.45, 2.75) is 18.4 Å². The molecule has 4 rings (SSSR count). The van der Waals surface area contributed by atoms with Crippen LogP contribution in [0.4, 0.5) is 14.5 Å². The molecule has 0 bridgehead atoms. The summed E-state index contributed by atoms with van der Waals surface area (Å²) in [4.78, 5) is 4.60. The zero-order chi connectivity index (χ0) is 18.3. The fraction of sp³-hybridized carbons (Fsp3) is 0.316. The van der Waals surface area contributed by atoms with E-state index in [-0.39, 0.29) is 5.92 Å². The Kier molecular flexibility index (Phi) is 5.20. The van der Waals surface area contributed by atoms with Gasteiger partial charge in [-0.1, -0.05) is 0 Å². The fourth-order valence-corrected chi connectivity index (χ4v) is 8.03. The number of benzene rings is 2. The van der Waals surface area contributed by atoms with Gasteiger partial charge >= 0.3 is 170 Å². The maximum absolute atomic E-state index is 13.6. The van der Waals surface area contributed by atoms with Gasteiger partial charge in [0.15, 0.2) is 0 Å². The van der Waals surface area contributed by atoms with E-state index in [0.717, 1.165) is 49.3 Å². The second-order valence-corrected chi connectivity index (χ2v) is 11.2. The van der Waals surface area contributed by atoms with Crippen LogP contribution in [0.15, 0.2) is 45.9 Å². The Morgan fingerprint density at radius 3 is 2.46 bits per heavy atom. The molecule has 2 aromatic carbocycles. The molecule has 2 aliphatic heterocycles. The van der Waals surface area contributed by atoms with Crippen molar-refractivity contribution in [2.75, 3.05) is 13.1 Å². The average Bonchev–Trinajstić information content (AvgIpc) is 3.06. The molecule has 2 radical (unpaired) electrons. The number of fused-ring (bicyclic) bond motifs is 1. The molecule has 1 saturated heterocycles. The van der Waals surface area contributed by atoms with Gasteiger partial charge in [0.1, 0.15) is 0 Å². The van der Waals surface area contributed by atoms with E-state index in [1.54, 1.807) is 0 Å². The first-order valence-electron chi connectivity index (χ1n) is 8.53. The number of aliphatic hydroxyl groups is 1. The van der Waals surface area contributed by atoms with Gasteiger partial charge < -0.3 is 0 Å². The van der Waals surface area contributed by atoms with Gasteiger partial charge in [0.05, 0.1) is 0 Å². The summed E-state index contributed by atoms with van der Waals surface area (Å²) in [5.41, 5.74) is 0.108. The number of piperidine rings is 1. The van der Waals surface area contributed by atoms with E-state index in [0.29, 0.717) is 5.69 Å². The van der Waals surface area contributed by atoms with Crippen molar-refractivity contribution in [1.82, 2.24) is 5.32 Å². The maximum atomic E-state index is 13.6. The van der Waals surface area contributed by atoms with Crippen LogP contribution in [0.2, 0.25) is 0 Å². The molecular formula is C19H17BrF2N2OSn. The fourth-order valence-electron chi connectivity index (χ4n) is 3.69. The van der Waals surface area contributed by atoms with Gasteiger partial charge in [0.2, 0.25) is 0 Å². The molecule has 0 saturated carbocycles. The van der Waals surface area contributed by atoms with Crippen LogP contribution >= 0.6 is 15.9 Å². The molecule has 1 fully saturated rings. The second kappa shape index (κ2) is 7.30. The third kappa shape index (κ3) is 3.25. The van der Waals surface area contributed by atoms with E-state index in [1.807, 2.05) is 24.3 Å². The molecule has 2 N–H and O–H groups in total. The summed E-state index contributed by atoms with van der Waals surface area (Å²) in [6.07, 6.45) is 1.67. The standard InChI is InChI=1S/C19H17BrF2N2O.Sn/c20-15-3-1-13(2-4-15)19(25,14-7-9-23-10-8-14)12-24-16-5-6-17(21)18(22)11-16;/h1-4,6,11,14,23,25H,7-10H2;. The van der Waals surface area contributed by atoms with Gasteiger partial charge in [-0.2, -0.15) is 0 Å². The molecule has 7 heteroatoms. The van der Waals surface area contributed by atoms with Crippen LogP contribution in [0.25, 0.3) is 0 Å². The molecule has 0 aliphatic carbocycles. The summed E-state index contributed by atoms with van der Waals surface area (Å²) in [5, 5.41) is 15.2. The van der Waals surface area contributed by atoms with E-state index in [9.17, 15) is 13.9 Å². The number of nitrogens with zero attached hydrogens (tertiary/aromatic N) is 1. The predicted octanol–water partition coefficient (Wildman–Crippen LogP) is 2.99. The molecular weight excluding hydrogens is 509 g/mol. The number of aliphatic imine (C=N–C) groups is 1. The molecule has 26 heavy (non-hydrogen) atoms. The van der Waals surface area contributed by atoms with Gasteiger partial charge in [-0.05, 0) is 0 Å². The first kappa shape index (κ1) is 18.5. The minimum atomic E-state index is -1.51. The van der Waals surface area contributed by atoms with E-state index < -0.39 is 38.4 Å². The predicted molar refractivity (Wildman–Crippen MR) is 102 cm³/mol. The quantitative estimate of drug-likeness (QED) is 0.605. The second-order valence-electron chi connectivity index (χ2n) is 6.67. The van der Waals surface area contributed by atoms with Crippen molar-refractivity contribution < 1.29 is 13.9 Å². The SMILES string of the molecule is OC([C]1=Nc2cc(F)c(F)c[c]2[Sn]1)(c1ccc(Br)cc1)C1CCNCC1. The van der Waals surface area contributed by atoms with Crippen LogP contribution in [-0.4, -0.2) is 43.1 Å². The van der Waals surface area contributed by atoms with Gasteiger partial charge in [0.25, 0.3) is 0 Å². The topological polar surface area (TPSA) is 44.6 Å². The number of hydrogen-bond acceptors (Lipinski definition) is 3. The first-order valence-corrected chi connectivity index (χ1v) is 12.2. The normalized spacial score (nSPS) is 19.8. The summed E-state index contributed by atoms with van der Waals surface area (Å²) in [6, 6.07) is 10.1. The summed E-state index contributed by atoms with van der Waals surface area (Å²) in [7, 11) is 0. The van der Waals surface area contributed by atoms with Crippen molar-refractivity contribution in [2.24, 2.45) is 10.9 Å². The minimum absolute atomic E-state index is 0.0357. The van der Waals surface area contributed by atoms with Gasteiger partial charge in [0, 0.05) is 0 Å². The van der Waals surface area contributed by atoms with E-state index >= 15 is 0 Å². The zero-order valence-corrected chi connectivity index (χ0v) is 18.3. The van der Waals surface area contributed by atoms with E-state index in [2.05, 4.69) is 26.2 Å². The van der Waals surface area contributed by atoms with Crippen molar-refractivity contribution in [3.05, 3.63) is 58.1 Å². The van der Waals surface area contributed by atoms with Crippen molar-refractivity contribution in [3.8, 4) is 0 Å². The Morgan fingerprint density at radius 1 is 1.12 bits per heavy atom. The van der Waals surface area contributed by atoms with Gasteiger partial charge in [-0.3, -0.25) is 0 Å². The molecule has 3 nitrogen and oxygen atoms in total. The Bertz CT molecular complexity index is 869. The summed E-state index contributed by atoms with van der Waals surface area (Å²) in [6.45, 7) is 1.69. The Balaban J connectivity index is 1.79. The van der Waals surface area contributed by atoms with Crippen LogP contribution in [-0.2, 0) is 5.60 Å². The molecule has 0 amide bonds. The Labute approximate surface area is 169 Å². The zero-order valence-electron chi connectivity index (χ0n) is 13.9. The van der Waals surface area contributed by atoms with Crippen molar-refractivity contribution in [3.63, 3.8) is 0 Å². The number of nitrogens with one attached hydrogen (secondary N) is 1. The van der Waals surface area contributed by atoms with E-state index in [4.69, 9.17) is 0 Å². The average molecular weight is 526 g/mol. The summed E-state index contributed by atoms with van der Waals surface area (Å²) < 4.78 is 29.7. The van der Waals surface area contributed by atoms with Crippen LogP contribution in [0, 0.1) is 17.6 Å². The Hall–Kier alpha value is -0.831. The summed E-state index contributed by atoms with van der Waals surface area (Å²) in [5.74, 6) is -1.69. The van der Waals surface area contributed by atoms with E-state index in [1.165, 1.54) is 6.07 Å². The number of rotatable bonds is 3. The molecule has 1 atom stereocenters. The van der Waals surface area contributed by atoms with Crippen LogP contribution in [0.5, 0.6) is 0 Å². The molecule has 1 unspecified atom stereocenters. The number of hydrogen-bond donors (Lipinski definition) is 2. The first-order chi connectivity index (χ1) is 12.5. The molecule has 2 aliphatic rings. The molecule has 0 aromatic heterocycles.